The van der Waals surface area contributed by atoms with Crippen molar-refractivity contribution in [1.82, 2.24) is 20.1 Å². The molecule has 0 bridgehead atoms. The molecule has 4 aromatic rings. The Balaban J connectivity index is 0.997. The number of phenolic OH excluding ortho intramolecular Hbond substituents is 1. The Labute approximate surface area is 280 Å². The quantitative estimate of drug-likeness (QED) is 0.177. The molecule has 2 aliphatic rings. The van der Waals surface area contributed by atoms with Gasteiger partial charge in [-0.15, -0.1) is 11.3 Å². The van der Waals surface area contributed by atoms with Gasteiger partial charge in [-0.3, -0.25) is 14.5 Å². The molecule has 10 heteroatoms. The summed E-state index contributed by atoms with van der Waals surface area (Å²) in [6, 6.07) is 16.9. The third-order valence-electron chi connectivity index (χ3n) is 9.44. The molecule has 1 spiro atoms. The van der Waals surface area contributed by atoms with Crippen molar-refractivity contribution in [3.63, 3.8) is 0 Å². The molecule has 0 radical (unpaired) electrons. The second-order valence-corrected chi connectivity index (χ2v) is 14.7. The number of phenols is 1. The van der Waals surface area contributed by atoms with Crippen molar-refractivity contribution in [3.8, 4) is 5.75 Å². The number of benzene rings is 2. The van der Waals surface area contributed by atoms with Gasteiger partial charge in [0.1, 0.15) is 5.75 Å². The number of hydrogen-bond donors (Lipinski definition) is 4. The van der Waals surface area contributed by atoms with Crippen LogP contribution in [0.3, 0.4) is 0 Å². The smallest absolute Gasteiger partial charge is 0.254 e. The Morgan fingerprint density at radius 1 is 1.09 bits per heavy atom. The number of pyridine rings is 1. The molecule has 2 aliphatic heterocycles. The molecule has 9 nitrogen and oxygen atoms in total. The molecular weight excluding hydrogens is 612 g/mol. The van der Waals surface area contributed by atoms with Crippen molar-refractivity contribution < 1.29 is 19.7 Å². The molecule has 4 heterocycles. The third-order valence-corrected chi connectivity index (χ3v) is 10.5. The number of carbonyl (C=O) groups excluding carboxylic acids is 1. The molecule has 2 aromatic heterocycles. The number of rotatable bonds is 10. The zero-order valence-electron chi connectivity index (χ0n) is 27.6. The summed E-state index contributed by atoms with van der Waals surface area (Å²) in [4.78, 5) is 33.6. The number of amides is 1. The van der Waals surface area contributed by atoms with Crippen molar-refractivity contribution in [3.05, 3.63) is 97.5 Å². The highest BCUT2D eigenvalue weighted by Crippen LogP contribution is 2.37. The number of morpholine rings is 1. The number of aromatic hydroxyl groups is 1. The number of H-pyrrole nitrogens is 1. The molecule has 0 saturated carbocycles. The summed E-state index contributed by atoms with van der Waals surface area (Å²) in [5.41, 5.74) is 3.28. The fraction of sp³-hybridized carbons (Fsp3) is 0.459. The molecule has 47 heavy (non-hydrogen) atoms. The SMILES string of the molecule is CCc1cc(C(=O)N2CC(C)(C)OC3(CCN(Cc4cccc(CCNC[C@H](O)c5ccc(O)c6[nH]c(=O)ccc56)c4)CC3)C2)cs1. The Kier molecular flexibility index (Phi) is 9.87. The first-order valence-electron chi connectivity index (χ1n) is 16.6. The van der Waals surface area contributed by atoms with Crippen LogP contribution in [0.1, 0.15) is 71.6 Å². The van der Waals surface area contributed by atoms with Gasteiger partial charge in [-0.1, -0.05) is 37.3 Å². The average molecular weight is 659 g/mol. The van der Waals surface area contributed by atoms with Gasteiger partial charge in [0.15, 0.2) is 0 Å². The number of nitrogens with one attached hydrogen (secondary N) is 2. The van der Waals surface area contributed by atoms with Crippen LogP contribution in [-0.2, 0) is 24.1 Å². The molecule has 0 aliphatic carbocycles. The lowest BCUT2D eigenvalue weighted by Gasteiger charge is -2.53. The number of ether oxygens (including phenoxy) is 1. The maximum atomic E-state index is 13.5. The Bertz CT molecular complexity index is 1770. The number of piperidine rings is 1. The molecule has 0 unspecified atom stereocenters. The minimum Gasteiger partial charge on any atom is -0.506 e. The maximum absolute atomic E-state index is 13.5. The van der Waals surface area contributed by atoms with Crippen LogP contribution in [0.4, 0.5) is 0 Å². The maximum Gasteiger partial charge on any atom is 0.254 e. The van der Waals surface area contributed by atoms with E-state index in [1.807, 2.05) is 16.3 Å². The van der Waals surface area contributed by atoms with Crippen LogP contribution < -0.4 is 10.9 Å². The summed E-state index contributed by atoms with van der Waals surface area (Å²) in [5, 5.41) is 27.0. The number of hydrogen-bond acceptors (Lipinski definition) is 8. The highest BCUT2D eigenvalue weighted by atomic mass is 32.1. The first kappa shape index (κ1) is 33.4. The van der Waals surface area contributed by atoms with Gasteiger partial charge < -0.3 is 30.2 Å². The highest BCUT2D eigenvalue weighted by molar-refractivity contribution is 7.10. The van der Waals surface area contributed by atoms with Gasteiger partial charge in [-0.25, -0.2) is 0 Å². The summed E-state index contributed by atoms with van der Waals surface area (Å²) in [5.74, 6) is 0.0986. The number of aliphatic hydroxyl groups excluding tert-OH is 1. The number of nitrogens with zero attached hydrogens (tertiary/aromatic N) is 2. The summed E-state index contributed by atoms with van der Waals surface area (Å²) < 4.78 is 6.73. The second-order valence-electron chi connectivity index (χ2n) is 13.7. The van der Waals surface area contributed by atoms with Crippen LogP contribution in [-0.4, -0.2) is 81.4 Å². The van der Waals surface area contributed by atoms with Crippen LogP contribution in [0, 0.1) is 0 Å². The van der Waals surface area contributed by atoms with Crippen LogP contribution in [0.15, 0.2) is 64.8 Å². The van der Waals surface area contributed by atoms with Crippen LogP contribution in [0.2, 0.25) is 0 Å². The van der Waals surface area contributed by atoms with Crippen LogP contribution in [0.25, 0.3) is 10.9 Å². The molecule has 2 saturated heterocycles. The summed E-state index contributed by atoms with van der Waals surface area (Å²) in [6.45, 7) is 11.3. The molecule has 2 aromatic carbocycles. The first-order valence-corrected chi connectivity index (χ1v) is 17.5. The summed E-state index contributed by atoms with van der Waals surface area (Å²) in [7, 11) is 0. The van der Waals surface area contributed by atoms with Crippen molar-refractivity contribution in [2.75, 3.05) is 39.3 Å². The van der Waals surface area contributed by atoms with Gasteiger partial charge in [0.25, 0.3) is 5.91 Å². The van der Waals surface area contributed by atoms with Crippen molar-refractivity contribution in [2.24, 2.45) is 0 Å². The van der Waals surface area contributed by atoms with E-state index in [-0.39, 0.29) is 22.8 Å². The second kappa shape index (κ2) is 13.9. The topological polar surface area (TPSA) is 118 Å². The molecule has 250 valence electrons. The number of carbonyl (C=O) groups is 1. The van der Waals surface area contributed by atoms with Gasteiger partial charge in [0.05, 0.1) is 34.9 Å². The van der Waals surface area contributed by atoms with E-state index >= 15 is 0 Å². The van der Waals surface area contributed by atoms with E-state index < -0.39 is 11.7 Å². The number of aromatic nitrogens is 1. The fourth-order valence-corrected chi connectivity index (χ4v) is 7.98. The van der Waals surface area contributed by atoms with E-state index in [9.17, 15) is 19.8 Å². The molecule has 6 rings (SSSR count). The normalized spacial score (nSPS) is 18.5. The molecular formula is C37H46N4O5S. The number of aliphatic hydroxyl groups is 1. The van der Waals surface area contributed by atoms with E-state index in [1.54, 1.807) is 23.5 Å². The fourth-order valence-electron chi connectivity index (χ4n) is 7.17. The van der Waals surface area contributed by atoms with Gasteiger partial charge in [-0.2, -0.15) is 0 Å². The molecule has 2 fully saturated rings. The standard InChI is InChI=1S/C37H46N4O5S/c1-4-28-19-27(22-47-28)35(45)41-23-36(2,3)46-37(24-41)13-16-40(17-14-37)21-26-7-5-6-25(18-26)12-15-38-20-32(43)29-8-10-31(42)34-30(29)9-11-33(44)39-34/h5-11,18-19,22,32,38,42-43H,4,12-17,20-21,23-24H2,1-3H3,(H,39,44)/t32-/m0/s1. The van der Waals surface area contributed by atoms with Crippen molar-refractivity contribution in [2.45, 2.75) is 70.3 Å². The Morgan fingerprint density at radius 3 is 2.64 bits per heavy atom. The van der Waals surface area contributed by atoms with E-state index in [2.05, 4.69) is 60.2 Å². The van der Waals surface area contributed by atoms with Crippen LogP contribution in [0.5, 0.6) is 5.75 Å². The third kappa shape index (κ3) is 7.79. The molecule has 4 N–H and O–H groups in total. The van der Waals surface area contributed by atoms with Gasteiger partial charge in [0.2, 0.25) is 5.56 Å². The largest absolute Gasteiger partial charge is 0.506 e. The average Bonchev–Trinajstić information content (AvgIpc) is 3.53. The number of aromatic amines is 1. The molecule has 1 atom stereocenters. The molecule has 1 amide bonds. The minimum absolute atomic E-state index is 0.0184. The lowest BCUT2D eigenvalue weighted by Crippen LogP contribution is -2.63. The van der Waals surface area contributed by atoms with Gasteiger partial charge in [0, 0.05) is 54.4 Å². The minimum atomic E-state index is -0.786. The monoisotopic (exact) mass is 658 g/mol. The van der Waals surface area contributed by atoms with E-state index in [4.69, 9.17) is 4.74 Å². The number of fused-ring (bicyclic) bond motifs is 1. The zero-order valence-corrected chi connectivity index (χ0v) is 28.4. The predicted molar refractivity (Wildman–Crippen MR) is 186 cm³/mol. The van der Waals surface area contributed by atoms with Crippen LogP contribution >= 0.6 is 11.3 Å². The lowest BCUT2D eigenvalue weighted by molar-refractivity contribution is -0.205. The van der Waals surface area contributed by atoms with Crippen molar-refractivity contribution in [1.29, 1.82) is 0 Å². The number of likely N-dealkylation sites (tertiary alicyclic amines) is 1. The Hall–Kier alpha value is -3.54. The Morgan fingerprint density at radius 2 is 1.87 bits per heavy atom. The predicted octanol–water partition coefficient (Wildman–Crippen LogP) is 5.01. The van der Waals surface area contributed by atoms with Gasteiger partial charge >= 0.3 is 0 Å². The van der Waals surface area contributed by atoms with Gasteiger partial charge in [-0.05, 0) is 81.0 Å². The van der Waals surface area contributed by atoms with E-state index in [1.165, 1.54) is 28.1 Å². The lowest BCUT2D eigenvalue weighted by atomic mass is 9.86. The zero-order chi connectivity index (χ0) is 33.2. The number of thiophene rings is 1. The first-order chi connectivity index (χ1) is 22.5. The van der Waals surface area contributed by atoms with E-state index in [0.717, 1.165) is 50.9 Å². The summed E-state index contributed by atoms with van der Waals surface area (Å²) in [6.07, 6.45) is 2.77. The van der Waals surface area contributed by atoms with E-state index in [0.29, 0.717) is 42.6 Å². The highest BCUT2D eigenvalue weighted by Gasteiger charge is 2.47. The summed E-state index contributed by atoms with van der Waals surface area (Å²) >= 11 is 1.66. The van der Waals surface area contributed by atoms with Crippen molar-refractivity contribution >= 4 is 28.1 Å². The number of aryl methyl sites for hydroxylation is 1.